The molecule has 0 saturated heterocycles. The number of carboxylic acids is 1. The van der Waals surface area contributed by atoms with Gasteiger partial charge in [0.25, 0.3) is 0 Å². The summed E-state index contributed by atoms with van der Waals surface area (Å²) in [5, 5.41) is 20.7. The maximum absolute atomic E-state index is 13.0. The van der Waals surface area contributed by atoms with E-state index in [9.17, 15) is 14.7 Å². The average Bonchev–Trinajstić information content (AvgIpc) is 3.23. The smallest absolute Gasteiger partial charge is 0.331 e. The molecule has 4 heterocycles. The summed E-state index contributed by atoms with van der Waals surface area (Å²) in [6.45, 7) is 0.806. The molecule has 1 aromatic carbocycles. The van der Waals surface area contributed by atoms with E-state index in [-0.39, 0.29) is 18.8 Å². The number of fused-ring (bicyclic) bond motifs is 4. The number of pyridine rings is 1. The molecule has 0 bridgehead atoms. The first-order valence-electron chi connectivity index (χ1n) is 10.3. The zero-order chi connectivity index (χ0) is 22.4. The van der Waals surface area contributed by atoms with Crippen molar-refractivity contribution in [2.24, 2.45) is 0 Å². The van der Waals surface area contributed by atoms with Crippen LogP contribution in [-0.4, -0.2) is 42.0 Å². The molecule has 1 aliphatic heterocycles. The van der Waals surface area contributed by atoms with Crippen LogP contribution in [0.1, 0.15) is 28.9 Å². The van der Waals surface area contributed by atoms with Crippen LogP contribution < -0.4 is 10.4 Å². The van der Waals surface area contributed by atoms with Gasteiger partial charge in [0.05, 0.1) is 25.8 Å². The molecule has 32 heavy (non-hydrogen) atoms. The van der Waals surface area contributed by atoms with Crippen LogP contribution in [0.15, 0.2) is 47.4 Å². The molecular weight excluding hydrogens is 412 g/mol. The Morgan fingerprint density at radius 3 is 2.69 bits per heavy atom. The van der Waals surface area contributed by atoms with Crippen LogP contribution >= 0.6 is 0 Å². The van der Waals surface area contributed by atoms with E-state index in [0.29, 0.717) is 31.1 Å². The highest BCUT2D eigenvalue weighted by molar-refractivity contribution is 5.86. The highest BCUT2D eigenvalue weighted by atomic mass is 16.5. The summed E-state index contributed by atoms with van der Waals surface area (Å²) in [4.78, 5) is 28.2. The standard InChI is InChI=1S/C23H22N4O5/c1-32-20-7-6-14(11-24-20)12-26-17-5-3-2-4-15(17)16-10-18-22(30)25(9-8-21(28)29)23(31)27(18)13-19(16)26/h2-7,11,30H,8-10,12-13H2,1H3,(H,28,29). The molecule has 9 nitrogen and oxygen atoms in total. The zero-order valence-electron chi connectivity index (χ0n) is 17.5. The number of aliphatic carboxylic acids is 1. The lowest BCUT2D eigenvalue weighted by molar-refractivity contribution is -0.137. The van der Waals surface area contributed by atoms with Crippen molar-refractivity contribution in [1.29, 1.82) is 0 Å². The topological polar surface area (TPSA) is 112 Å². The number of hydrogen-bond donors (Lipinski definition) is 2. The predicted octanol–water partition coefficient (Wildman–Crippen LogP) is 2.19. The second-order valence-electron chi connectivity index (χ2n) is 7.85. The van der Waals surface area contributed by atoms with Crippen LogP contribution in [0.2, 0.25) is 0 Å². The van der Waals surface area contributed by atoms with Crippen molar-refractivity contribution in [3.05, 3.63) is 75.6 Å². The Labute approximate surface area is 182 Å². The fourth-order valence-electron chi connectivity index (χ4n) is 4.49. The van der Waals surface area contributed by atoms with E-state index in [1.165, 1.54) is 0 Å². The summed E-state index contributed by atoms with van der Waals surface area (Å²) < 4.78 is 10.0. The van der Waals surface area contributed by atoms with Gasteiger partial charge in [-0.15, -0.1) is 0 Å². The van der Waals surface area contributed by atoms with Gasteiger partial charge in [-0.05, 0) is 17.2 Å². The van der Waals surface area contributed by atoms with E-state index in [4.69, 9.17) is 9.84 Å². The third-order valence-electron chi connectivity index (χ3n) is 6.04. The molecule has 5 rings (SSSR count). The third-order valence-corrected chi connectivity index (χ3v) is 6.04. The molecule has 164 valence electrons. The number of aromatic nitrogens is 4. The van der Waals surface area contributed by atoms with Crippen molar-refractivity contribution in [1.82, 2.24) is 18.7 Å². The van der Waals surface area contributed by atoms with Crippen LogP contribution in [0.5, 0.6) is 11.8 Å². The zero-order valence-corrected chi connectivity index (χ0v) is 17.5. The molecule has 9 heteroatoms. The number of methoxy groups -OCH3 is 1. The number of carbonyl (C=O) groups is 1. The minimum atomic E-state index is -1.02. The maximum atomic E-state index is 13.0. The Hall–Kier alpha value is -4.01. The Kier molecular flexibility index (Phi) is 4.73. The first kappa shape index (κ1) is 19.9. The van der Waals surface area contributed by atoms with Crippen molar-refractivity contribution in [3.63, 3.8) is 0 Å². The van der Waals surface area contributed by atoms with E-state index < -0.39 is 11.7 Å². The SMILES string of the molecule is COc1ccc(Cn2c3c(c4ccccc42)Cc2c(O)n(CCC(=O)O)c(=O)n2C3)cn1. The minimum Gasteiger partial charge on any atom is -0.493 e. The van der Waals surface area contributed by atoms with Gasteiger partial charge in [-0.1, -0.05) is 24.3 Å². The summed E-state index contributed by atoms with van der Waals surface area (Å²) in [5.41, 5.74) is 4.22. The lowest BCUT2D eigenvalue weighted by atomic mass is 10.0. The lowest BCUT2D eigenvalue weighted by Crippen LogP contribution is -2.29. The van der Waals surface area contributed by atoms with E-state index in [1.54, 1.807) is 17.9 Å². The molecule has 1 aliphatic rings. The van der Waals surface area contributed by atoms with Crippen molar-refractivity contribution in [2.75, 3.05) is 7.11 Å². The number of benzene rings is 1. The number of carboxylic acid groups (broad SMARTS) is 1. The number of rotatable bonds is 6. The minimum absolute atomic E-state index is 0.0670. The fraction of sp³-hybridized carbons (Fsp3) is 0.261. The van der Waals surface area contributed by atoms with Crippen LogP contribution in [0, 0.1) is 0 Å². The Balaban J connectivity index is 1.59. The van der Waals surface area contributed by atoms with E-state index in [2.05, 4.69) is 9.55 Å². The molecule has 0 spiro atoms. The quantitative estimate of drug-likeness (QED) is 0.424. The van der Waals surface area contributed by atoms with Gasteiger partial charge in [-0.25, -0.2) is 9.78 Å². The molecule has 0 saturated carbocycles. The molecule has 0 atom stereocenters. The predicted molar refractivity (Wildman–Crippen MR) is 116 cm³/mol. The molecule has 0 fully saturated rings. The molecule has 2 N–H and O–H groups in total. The third kappa shape index (κ3) is 3.13. The molecule has 4 aromatic rings. The van der Waals surface area contributed by atoms with Crippen LogP contribution in [0.3, 0.4) is 0 Å². The molecule has 0 radical (unpaired) electrons. The maximum Gasteiger partial charge on any atom is 0.331 e. The number of aromatic hydroxyl groups is 1. The van der Waals surface area contributed by atoms with Crippen molar-refractivity contribution in [2.45, 2.75) is 32.5 Å². The van der Waals surface area contributed by atoms with Gasteiger partial charge in [0.2, 0.25) is 11.8 Å². The molecule has 0 aliphatic carbocycles. The normalized spacial score (nSPS) is 12.5. The van der Waals surface area contributed by atoms with E-state index in [1.807, 2.05) is 36.4 Å². The number of ether oxygens (including phenoxy) is 1. The number of imidazole rings is 1. The lowest BCUT2D eigenvalue weighted by Gasteiger charge is -2.18. The van der Waals surface area contributed by atoms with Crippen LogP contribution in [0.4, 0.5) is 0 Å². The van der Waals surface area contributed by atoms with Crippen LogP contribution in [0.25, 0.3) is 10.9 Å². The molecule has 0 amide bonds. The Morgan fingerprint density at radius 1 is 1.16 bits per heavy atom. The van der Waals surface area contributed by atoms with Gasteiger partial charge in [0.1, 0.15) is 0 Å². The van der Waals surface area contributed by atoms with Gasteiger partial charge in [-0.2, -0.15) is 0 Å². The van der Waals surface area contributed by atoms with Gasteiger partial charge in [0, 0.05) is 48.4 Å². The summed E-state index contributed by atoms with van der Waals surface area (Å²) in [7, 11) is 1.57. The van der Waals surface area contributed by atoms with E-state index in [0.717, 1.165) is 32.3 Å². The second-order valence-corrected chi connectivity index (χ2v) is 7.85. The summed E-state index contributed by atoms with van der Waals surface area (Å²) >= 11 is 0. The van der Waals surface area contributed by atoms with Gasteiger partial charge in [0.15, 0.2) is 0 Å². The highest BCUT2D eigenvalue weighted by Gasteiger charge is 2.29. The second kappa shape index (κ2) is 7.60. The summed E-state index contributed by atoms with van der Waals surface area (Å²) in [6, 6.07) is 11.8. The fourth-order valence-corrected chi connectivity index (χ4v) is 4.49. The first-order valence-corrected chi connectivity index (χ1v) is 10.3. The van der Waals surface area contributed by atoms with Gasteiger partial charge >= 0.3 is 11.7 Å². The van der Waals surface area contributed by atoms with Crippen LogP contribution in [-0.2, 0) is 30.8 Å². The first-order chi connectivity index (χ1) is 15.5. The summed E-state index contributed by atoms with van der Waals surface area (Å²) in [5.74, 6) is -0.630. The van der Waals surface area contributed by atoms with Gasteiger partial charge in [-0.3, -0.25) is 13.9 Å². The van der Waals surface area contributed by atoms with Crippen molar-refractivity contribution in [3.8, 4) is 11.8 Å². The number of nitrogens with zero attached hydrogens (tertiary/aromatic N) is 4. The molecule has 0 unspecified atom stereocenters. The van der Waals surface area contributed by atoms with Gasteiger partial charge < -0.3 is 19.5 Å². The van der Waals surface area contributed by atoms with Crippen molar-refractivity contribution >= 4 is 16.9 Å². The Bertz CT molecular complexity index is 1390. The highest BCUT2D eigenvalue weighted by Crippen LogP contribution is 2.35. The number of para-hydroxylation sites is 1. The largest absolute Gasteiger partial charge is 0.493 e. The summed E-state index contributed by atoms with van der Waals surface area (Å²) in [6.07, 6.45) is 1.93. The Morgan fingerprint density at radius 2 is 1.97 bits per heavy atom. The molecular formula is C23H22N4O5. The van der Waals surface area contributed by atoms with Crippen molar-refractivity contribution < 1.29 is 19.7 Å². The number of hydrogen-bond acceptors (Lipinski definition) is 5. The van der Waals surface area contributed by atoms with E-state index >= 15 is 0 Å². The molecule has 3 aromatic heterocycles. The average molecular weight is 434 g/mol. The monoisotopic (exact) mass is 434 g/mol.